The van der Waals surface area contributed by atoms with Crippen LogP contribution in [-0.4, -0.2) is 25.3 Å². The highest BCUT2D eigenvalue weighted by Gasteiger charge is 2.18. The number of carbonyl (C=O) groups excluding carboxylic acids is 1. The van der Waals surface area contributed by atoms with Crippen LogP contribution in [0.5, 0.6) is 0 Å². The van der Waals surface area contributed by atoms with E-state index in [4.69, 9.17) is 9.47 Å². The number of carbonyl (C=O) groups is 1. The molecule has 3 nitrogen and oxygen atoms in total. The van der Waals surface area contributed by atoms with Gasteiger partial charge in [-0.15, -0.1) is 6.58 Å². The molecule has 0 aromatic heterocycles. The van der Waals surface area contributed by atoms with E-state index in [1.807, 2.05) is 6.92 Å². The SMILES string of the molecule is C=CCCOC(CCC)C(=O)OCC. The summed E-state index contributed by atoms with van der Waals surface area (Å²) in [7, 11) is 0. The molecule has 1 unspecified atom stereocenters. The zero-order valence-electron chi connectivity index (χ0n) is 9.12. The summed E-state index contributed by atoms with van der Waals surface area (Å²) in [5.74, 6) is -0.251. The van der Waals surface area contributed by atoms with Crippen LogP contribution in [-0.2, 0) is 14.3 Å². The molecule has 0 heterocycles. The van der Waals surface area contributed by atoms with Crippen molar-refractivity contribution in [3.63, 3.8) is 0 Å². The Morgan fingerprint density at radius 3 is 2.71 bits per heavy atom. The van der Waals surface area contributed by atoms with E-state index in [1.54, 1.807) is 13.0 Å². The maximum absolute atomic E-state index is 11.4. The molecule has 0 saturated heterocycles. The van der Waals surface area contributed by atoms with E-state index in [9.17, 15) is 4.79 Å². The van der Waals surface area contributed by atoms with Crippen LogP contribution in [0.4, 0.5) is 0 Å². The highest BCUT2D eigenvalue weighted by molar-refractivity contribution is 5.74. The van der Waals surface area contributed by atoms with Gasteiger partial charge in [0.2, 0.25) is 0 Å². The van der Waals surface area contributed by atoms with Crippen molar-refractivity contribution in [3.8, 4) is 0 Å². The van der Waals surface area contributed by atoms with Crippen LogP contribution in [0.25, 0.3) is 0 Å². The minimum atomic E-state index is -0.403. The van der Waals surface area contributed by atoms with Gasteiger partial charge in [0, 0.05) is 0 Å². The third kappa shape index (κ3) is 5.75. The number of ether oxygens (including phenoxy) is 2. The van der Waals surface area contributed by atoms with Gasteiger partial charge in [-0.05, 0) is 19.8 Å². The van der Waals surface area contributed by atoms with Crippen molar-refractivity contribution in [2.45, 2.75) is 39.2 Å². The summed E-state index contributed by atoms with van der Waals surface area (Å²) in [5.41, 5.74) is 0. The highest BCUT2D eigenvalue weighted by Crippen LogP contribution is 2.05. The van der Waals surface area contributed by atoms with E-state index >= 15 is 0 Å². The molecule has 0 aliphatic carbocycles. The fourth-order valence-electron chi connectivity index (χ4n) is 1.06. The fraction of sp³-hybridized carbons (Fsp3) is 0.727. The second-order valence-corrected chi connectivity index (χ2v) is 2.98. The van der Waals surface area contributed by atoms with Crippen molar-refractivity contribution in [1.29, 1.82) is 0 Å². The average molecular weight is 200 g/mol. The molecule has 1 atom stereocenters. The van der Waals surface area contributed by atoms with Crippen molar-refractivity contribution in [1.82, 2.24) is 0 Å². The van der Waals surface area contributed by atoms with E-state index < -0.39 is 6.10 Å². The van der Waals surface area contributed by atoms with E-state index in [0.29, 0.717) is 13.2 Å². The number of hydrogen-bond donors (Lipinski definition) is 0. The van der Waals surface area contributed by atoms with Gasteiger partial charge in [0.25, 0.3) is 0 Å². The molecule has 14 heavy (non-hydrogen) atoms. The Labute approximate surface area is 86.1 Å². The Kier molecular flexibility index (Phi) is 8.24. The molecule has 0 radical (unpaired) electrons. The van der Waals surface area contributed by atoms with Gasteiger partial charge in [-0.1, -0.05) is 19.4 Å². The maximum Gasteiger partial charge on any atom is 0.335 e. The van der Waals surface area contributed by atoms with Crippen molar-refractivity contribution < 1.29 is 14.3 Å². The molecule has 0 fully saturated rings. The second-order valence-electron chi connectivity index (χ2n) is 2.98. The Balaban J connectivity index is 3.86. The highest BCUT2D eigenvalue weighted by atomic mass is 16.6. The first kappa shape index (κ1) is 13.2. The average Bonchev–Trinajstić information content (AvgIpc) is 2.17. The summed E-state index contributed by atoms with van der Waals surface area (Å²) in [6.07, 6.45) is 3.77. The molecule has 0 bridgehead atoms. The predicted octanol–water partition coefficient (Wildman–Crippen LogP) is 2.31. The van der Waals surface area contributed by atoms with Crippen molar-refractivity contribution in [2.24, 2.45) is 0 Å². The molecular weight excluding hydrogens is 180 g/mol. The van der Waals surface area contributed by atoms with Gasteiger partial charge in [0.15, 0.2) is 6.10 Å². The molecule has 0 aliphatic heterocycles. The Hall–Kier alpha value is -0.830. The molecular formula is C11H20O3. The van der Waals surface area contributed by atoms with Crippen molar-refractivity contribution in [3.05, 3.63) is 12.7 Å². The summed E-state index contributed by atoms with van der Waals surface area (Å²) in [5, 5.41) is 0. The fourth-order valence-corrected chi connectivity index (χ4v) is 1.06. The van der Waals surface area contributed by atoms with Gasteiger partial charge in [-0.25, -0.2) is 4.79 Å². The molecule has 3 heteroatoms. The van der Waals surface area contributed by atoms with Crippen LogP contribution in [0.15, 0.2) is 12.7 Å². The van der Waals surface area contributed by atoms with Crippen LogP contribution in [0.2, 0.25) is 0 Å². The molecule has 0 aromatic rings. The first-order chi connectivity index (χ1) is 6.76. The minimum Gasteiger partial charge on any atom is -0.464 e. The molecule has 0 aromatic carbocycles. The third-order valence-electron chi connectivity index (χ3n) is 1.74. The van der Waals surface area contributed by atoms with Gasteiger partial charge in [-0.3, -0.25) is 0 Å². The predicted molar refractivity (Wildman–Crippen MR) is 56.1 cm³/mol. The van der Waals surface area contributed by atoms with Crippen LogP contribution in [0, 0.1) is 0 Å². The van der Waals surface area contributed by atoms with Gasteiger partial charge >= 0.3 is 5.97 Å². The quantitative estimate of drug-likeness (QED) is 0.342. The summed E-state index contributed by atoms with van der Waals surface area (Å²) in [6.45, 7) is 8.34. The number of hydrogen-bond acceptors (Lipinski definition) is 3. The van der Waals surface area contributed by atoms with E-state index in [-0.39, 0.29) is 5.97 Å². The van der Waals surface area contributed by atoms with Crippen LogP contribution < -0.4 is 0 Å². The lowest BCUT2D eigenvalue weighted by Crippen LogP contribution is -2.26. The van der Waals surface area contributed by atoms with Gasteiger partial charge < -0.3 is 9.47 Å². The normalized spacial score (nSPS) is 12.1. The zero-order chi connectivity index (χ0) is 10.8. The third-order valence-corrected chi connectivity index (χ3v) is 1.74. The molecule has 0 saturated carbocycles. The van der Waals surface area contributed by atoms with Gasteiger partial charge in [0.1, 0.15) is 0 Å². The summed E-state index contributed by atoms with van der Waals surface area (Å²) in [4.78, 5) is 11.4. The molecule has 82 valence electrons. The summed E-state index contributed by atoms with van der Waals surface area (Å²) in [6, 6.07) is 0. The van der Waals surface area contributed by atoms with E-state index in [1.165, 1.54) is 0 Å². The van der Waals surface area contributed by atoms with E-state index in [0.717, 1.165) is 19.3 Å². The molecule has 0 aliphatic rings. The molecule has 0 N–H and O–H groups in total. The first-order valence-electron chi connectivity index (χ1n) is 5.15. The van der Waals surface area contributed by atoms with Gasteiger partial charge in [0.05, 0.1) is 13.2 Å². The van der Waals surface area contributed by atoms with Gasteiger partial charge in [-0.2, -0.15) is 0 Å². The first-order valence-corrected chi connectivity index (χ1v) is 5.15. The Morgan fingerprint density at radius 1 is 1.50 bits per heavy atom. The number of rotatable bonds is 8. The monoisotopic (exact) mass is 200 g/mol. The largest absolute Gasteiger partial charge is 0.464 e. The lowest BCUT2D eigenvalue weighted by molar-refractivity contribution is -0.157. The van der Waals surface area contributed by atoms with Crippen molar-refractivity contribution >= 4 is 5.97 Å². The van der Waals surface area contributed by atoms with Crippen LogP contribution in [0.3, 0.4) is 0 Å². The van der Waals surface area contributed by atoms with E-state index in [2.05, 4.69) is 6.58 Å². The number of esters is 1. The maximum atomic E-state index is 11.4. The second kappa shape index (κ2) is 8.75. The lowest BCUT2D eigenvalue weighted by Gasteiger charge is -2.14. The summed E-state index contributed by atoms with van der Waals surface area (Å²) < 4.78 is 10.3. The lowest BCUT2D eigenvalue weighted by atomic mass is 10.2. The minimum absolute atomic E-state index is 0.251. The Bertz CT molecular complexity index is 166. The molecule has 0 amide bonds. The van der Waals surface area contributed by atoms with Crippen molar-refractivity contribution in [2.75, 3.05) is 13.2 Å². The smallest absolute Gasteiger partial charge is 0.335 e. The van der Waals surface area contributed by atoms with Crippen LogP contribution in [0.1, 0.15) is 33.1 Å². The summed E-state index contributed by atoms with van der Waals surface area (Å²) >= 11 is 0. The molecule has 0 rings (SSSR count). The van der Waals surface area contributed by atoms with Crippen LogP contribution >= 0.6 is 0 Å². The topological polar surface area (TPSA) is 35.5 Å². The standard InChI is InChI=1S/C11H20O3/c1-4-7-9-14-10(8-5-2)11(12)13-6-3/h4,10H,1,5-9H2,2-3H3. The Morgan fingerprint density at radius 2 is 2.21 bits per heavy atom. The molecule has 0 spiro atoms. The zero-order valence-corrected chi connectivity index (χ0v) is 9.12.